The summed E-state index contributed by atoms with van der Waals surface area (Å²) in [5.74, 6) is 1.90. The number of aliphatic hydroxyl groups is 2. The number of nitrogens with zero attached hydrogens (tertiary/aromatic N) is 1. The van der Waals surface area contributed by atoms with Crippen LogP contribution in [0.5, 0.6) is 11.5 Å². The minimum Gasteiger partial charge on any atom is -0.487 e. The van der Waals surface area contributed by atoms with Gasteiger partial charge in [-0.05, 0) is 62.9 Å². The zero-order chi connectivity index (χ0) is 18.4. The summed E-state index contributed by atoms with van der Waals surface area (Å²) >= 11 is 0. The standard InChI is InChI=1S/C20H29NO5/c22-10-12-25-18-5-4-15(14-19(18)26-13-11-23)2-1-3-17-20(24)16-6-8-21(17)9-7-16/h4-5,14,16-17,22-23H,1-3,6-13H2. The van der Waals surface area contributed by atoms with Gasteiger partial charge in [-0.3, -0.25) is 9.69 Å². The molecule has 0 radical (unpaired) electrons. The summed E-state index contributed by atoms with van der Waals surface area (Å²) in [6, 6.07) is 5.87. The number of aryl methyl sites for hydroxylation is 1. The Kier molecular flexibility index (Phi) is 6.88. The SMILES string of the molecule is O=C1C2CCN(CC2)C1CCCc1ccc(OCCO)c(OCCO)c1. The fraction of sp³-hybridized carbons (Fsp3) is 0.650. The Hall–Kier alpha value is -1.63. The predicted octanol–water partition coefficient (Wildman–Crippen LogP) is 1.41. The molecule has 1 atom stereocenters. The Balaban J connectivity index is 1.56. The Morgan fingerprint density at radius 1 is 1.04 bits per heavy atom. The van der Waals surface area contributed by atoms with Crippen LogP contribution in [-0.2, 0) is 11.2 Å². The van der Waals surface area contributed by atoms with Crippen LogP contribution in [0.25, 0.3) is 0 Å². The number of fused-ring (bicyclic) bond motifs is 3. The van der Waals surface area contributed by atoms with Crippen LogP contribution in [0.3, 0.4) is 0 Å². The van der Waals surface area contributed by atoms with Gasteiger partial charge in [-0.15, -0.1) is 0 Å². The molecule has 3 saturated heterocycles. The zero-order valence-corrected chi connectivity index (χ0v) is 15.2. The van der Waals surface area contributed by atoms with Gasteiger partial charge in [-0.2, -0.15) is 0 Å². The molecule has 26 heavy (non-hydrogen) atoms. The summed E-state index contributed by atoms with van der Waals surface area (Å²) in [4.78, 5) is 14.8. The Labute approximate surface area is 154 Å². The lowest BCUT2D eigenvalue weighted by Gasteiger charge is -2.44. The number of hydrogen-bond donors (Lipinski definition) is 2. The van der Waals surface area contributed by atoms with Crippen LogP contribution in [0, 0.1) is 5.92 Å². The smallest absolute Gasteiger partial charge is 0.161 e. The van der Waals surface area contributed by atoms with Crippen molar-refractivity contribution in [2.75, 3.05) is 39.5 Å². The number of carbonyl (C=O) groups excluding carboxylic acids is 1. The molecule has 3 aliphatic rings. The molecule has 2 N–H and O–H groups in total. The van der Waals surface area contributed by atoms with E-state index < -0.39 is 0 Å². The van der Waals surface area contributed by atoms with E-state index in [1.165, 1.54) is 0 Å². The van der Waals surface area contributed by atoms with Crippen LogP contribution >= 0.6 is 0 Å². The van der Waals surface area contributed by atoms with Gasteiger partial charge >= 0.3 is 0 Å². The minimum absolute atomic E-state index is 0.0614. The number of Topliss-reactive ketones (excluding diaryl/α,β-unsaturated/α-hetero) is 1. The fourth-order valence-electron chi connectivity index (χ4n) is 4.02. The van der Waals surface area contributed by atoms with Crippen molar-refractivity contribution in [3.8, 4) is 11.5 Å². The van der Waals surface area contributed by atoms with Gasteiger partial charge < -0.3 is 19.7 Å². The molecule has 6 heteroatoms. The van der Waals surface area contributed by atoms with Crippen LogP contribution in [0.1, 0.15) is 31.2 Å². The second-order valence-electron chi connectivity index (χ2n) is 7.05. The van der Waals surface area contributed by atoms with E-state index in [9.17, 15) is 4.79 Å². The normalized spacial score (nSPS) is 24.7. The zero-order valence-electron chi connectivity index (χ0n) is 15.2. The highest BCUT2D eigenvalue weighted by Crippen LogP contribution is 2.32. The first-order valence-corrected chi connectivity index (χ1v) is 9.61. The third-order valence-corrected chi connectivity index (χ3v) is 5.35. The van der Waals surface area contributed by atoms with Gasteiger partial charge in [0.2, 0.25) is 0 Å². The quantitative estimate of drug-likeness (QED) is 0.654. The Morgan fingerprint density at radius 2 is 1.73 bits per heavy atom. The molecule has 3 fully saturated rings. The third kappa shape index (κ3) is 4.55. The maximum absolute atomic E-state index is 12.4. The number of hydrogen-bond acceptors (Lipinski definition) is 6. The Bertz CT molecular complexity index is 598. The summed E-state index contributed by atoms with van der Waals surface area (Å²) in [7, 11) is 0. The molecule has 6 nitrogen and oxygen atoms in total. The molecular weight excluding hydrogens is 334 g/mol. The van der Waals surface area contributed by atoms with Crippen LogP contribution in [0.15, 0.2) is 18.2 Å². The number of aliphatic hydroxyl groups excluding tert-OH is 2. The van der Waals surface area contributed by atoms with Crippen molar-refractivity contribution in [2.24, 2.45) is 5.92 Å². The number of ketones is 1. The molecule has 0 aromatic heterocycles. The van der Waals surface area contributed by atoms with Crippen molar-refractivity contribution < 1.29 is 24.5 Å². The van der Waals surface area contributed by atoms with Crippen molar-refractivity contribution in [1.29, 1.82) is 0 Å². The number of rotatable bonds is 10. The Morgan fingerprint density at radius 3 is 2.38 bits per heavy atom. The third-order valence-electron chi connectivity index (χ3n) is 5.35. The molecule has 0 saturated carbocycles. The molecule has 3 aliphatic heterocycles. The highest BCUT2D eigenvalue weighted by atomic mass is 16.5. The number of ether oxygens (including phenoxy) is 2. The van der Waals surface area contributed by atoms with Crippen LogP contribution in [-0.4, -0.2) is 66.5 Å². The van der Waals surface area contributed by atoms with E-state index in [0.717, 1.165) is 50.8 Å². The van der Waals surface area contributed by atoms with Crippen molar-refractivity contribution >= 4 is 5.78 Å². The average molecular weight is 363 g/mol. The van der Waals surface area contributed by atoms with E-state index in [4.69, 9.17) is 19.7 Å². The van der Waals surface area contributed by atoms with E-state index in [0.29, 0.717) is 23.2 Å². The van der Waals surface area contributed by atoms with Crippen LogP contribution in [0.2, 0.25) is 0 Å². The molecule has 1 unspecified atom stereocenters. The monoisotopic (exact) mass is 363 g/mol. The van der Waals surface area contributed by atoms with E-state index in [-0.39, 0.29) is 32.5 Å². The summed E-state index contributed by atoms with van der Waals surface area (Å²) < 4.78 is 11.0. The van der Waals surface area contributed by atoms with Crippen molar-refractivity contribution in [2.45, 2.75) is 38.1 Å². The molecule has 144 valence electrons. The van der Waals surface area contributed by atoms with E-state index >= 15 is 0 Å². The van der Waals surface area contributed by atoms with Crippen molar-refractivity contribution in [3.63, 3.8) is 0 Å². The highest BCUT2D eigenvalue weighted by molar-refractivity contribution is 5.87. The first kappa shape index (κ1) is 19.1. The summed E-state index contributed by atoms with van der Waals surface area (Å²) in [6.45, 7) is 2.41. The highest BCUT2D eigenvalue weighted by Gasteiger charge is 2.40. The second kappa shape index (κ2) is 9.35. The van der Waals surface area contributed by atoms with Gasteiger partial charge in [0.15, 0.2) is 17.3 Å². The molecule has 0 aliphatic carbocycles. The van der Waals surface area contributed by atoms with E-state index in [1.807, 2.05) is 18.2 Å². The molecule has 3 heterocycles. The fourth-order valence-corrected chi connectivity index (χ4v) is 4.02. The second-order valence-corrected chi connectivity index (χ2v) is 7.05. The maximum Gasteiger partial charge on any atom is 0.161 e. The predicted molar refractivity (Wildman–Crippen MR) is 97.6 cm³/mol. The van der Waals surface area contributed by atoms with Gasteiger partial charge in [-0.1, -0.05) is 6.07 Å². The van der Waals surface area contributed by atoms with Gasteiger partial charge in [0.05, 0.1) is 19.3 Å². The maximum atomic E-state index is 12.4. The minimum atomic E-state index is -0.0650. The largest absolute Gasteiger partial charge is 0.487 e. The summed E-state index contributed by atoms with van der Waals surface area (Å²) in [5.41, 5.74) is 1.12. The van der Waals surface area contributed by atoms with Crippen molar-refractivity contribution in [1.82, 2.24) is 4.90 Å². The van der Waals surface area contributed by atoms with E-state index in [1.54, 1.807) is 0 Å². The number of piperidine rings is 3. The van der Waals surface area contributed by atoms with E-state index in [2.05, 4.69) is 4.90 Å². The van der Waals surface area contributed by atoms with Gasteiger partial charge in [-0.25, -0.2) is 0 Å². The van der Waals surface area contributed by atoms with Gasteiger partial charge in [0.25, 0.3) is 0 Å². The molecular formula is C20H29NO5. The van der Waals surface area contributed by atoms with Gasteiger partial charge in [0, 0.05) is 5.92 Å². The van der Waals surface area contributed by atoms with Crippen molar-refractivity contribution in [3.05, 3.63) is 23.8 Å². The molecule has 0 spiro atoms. The number of benzene rings is 1. The number of carbonyl (C=O) groups is 1. The molecule has 1 aromatic carbocycles. The molecule has 4 rings (SSSR count). The molecule has 2 bridgehead atoms. The average Bonchev–Trinajstić information content (AvgIpc) is 2.68. The molecule has 1 aromatic rings. The summed E-state index contributed by atoms with van der Waals surface area (Å²) in [5, 5.41) is 17.9. The summed E-state index contributed by atoms with van der Waals surface area (Å²) in [6.07, 6.45) is 4.81. The topological polar surface area (TPSA) is 79.2 Å². The molecule has 0 amide bonds. The van der Waals surface area contributed by atoms with Crippen LogP contribution in [0.4, 0.5) is 0 Å². The lowest BCUT2D eigenvalue weighted by Crippen LogP contribution is -2.55. The lowest BCUT2D eigenvalue weighted by atomic mass is 9.80. The lowest BCUT2D eigenvalue weighted by molar-refractivity contribution is -0.137. The van der Waals surface area contributed by atoms with Gasteiger partial charge in [0.1, 0.15) is 13.2 Å². The first-order chi connectivity index (χ1) is 12.7. The first-order valence-electron chi connectivity index (χ1n) is 9.61. The van der Waals surface area contributed by atoms with Crippen LogP contribution < -0.4 is 9.47 Å².